The second-order valence-electron chi connectivity index (χ2n) is 11.3. The average Bonchev–Trinajstić information content (AvgIpc) is 3.02. The van der Waals surface area contributed by atoms with Crippen LogP contribution in [0.15, 0.2) is 95.5 Å². The van der Waals surface area contributed by atoms with Crippen molar-refractivity contribution in [1.82, 2.24) is 0 Å². The predicted molar refractivity (Wildman–Crippen MR) is 180 cm³/mol. The van der Waals surface area contributed by atoms with Gasteiger partial charge in [-0.15, -0.1) is 0 Å². The Bertz CT molecular complexity index is 1160. The van der Waals surface area contributed by atoms with E-state index in [4.69, 9.17) is 28.1 Å². The summed E-state index contributed by atoms with van der Waals surface area (Å²) >= 11 is 3.83. The normalized spacial score (nSPS) is 13.2. The quantitative estimate of drug-likeness (QED) is 0.0790. The van der Waals surface area contributed by atoms with Gasteiger partial charge in [0.25, 0.3) is 8.32 Å². The highest BCUT2D eigenvalue weighted by molar-refractivity contribution is 9.11. The van der Waals surface area contributed by atoms with Gasteiger partial charge in [-0.25, -0.2) is 0 Å². The summed E-state index contributed by atoms with van der Waals surface area (Å²) in [7, 11) is 0.708. The summed E-state index contributed by atoms with van der Waals surface area (Å²) in [6.45, 7) is 9.68. The SMILES string of the molecule is COCCOCOCC[C@H](C/C(Br)=C\CO[Si](c1ccccc1)(c1ccccc1)C(C)(C)C)OCc1ccc(OC)cc1. The number of hydrogen-bond donors (Lipinski definition) is 0. The van der Waals surface area contributed by atoms with Crippen molar-refractivity contribution >= 4 is 34.6 Å². The van der Waals surface area contributed by atoms with Gasteiger partial charge in [0.05, 0.1) is 46.2 Å². The summed E-state index contributed by atoms with van der Waals surface area (Å²) in [6, 6.07) is 29.4. The van der Waals surface area contributed by atoms with Crippen LogP contribution in [0.2, 0.25) is 5.04 Å². The molecule has 0 aliphatic heterocycles. The Balaban J connectivity index is 1.70. The van der Waals surface area contributed by atoms with Crippen LogP contribution < -0.4 is 15.1 Å². The highest BCUT2D eigenvalue weighted by atomic mass is 79.9. The van der Waals surface area contributed by atoms with Crippen LogP contribution in [0.25, 0.3) is 0 Å². The summed E-state index contributed by atoms with van der Waals surface area (Å²) in [5.74, 6) is 0.828. The number of ether oxygens (including phenoxy) is 5. The lowest BCUT2D eigenvalue weighted by molar-refractivity contribution is -0.0763. The van der Waals surface area contributed by atoms with Gasteiger partial charge in [0.1, 0.15) is 12.5 Å². The molecule has 0 bridgehead atoms. The second kappa shape index (κ2) is 18.5. The van der Waals surface area contributed by atoms with Crippen molar-refractivity contribution in [2.24, 2.45) is 0 Å². The Kier molecular flexibility index (Phi) is 15.1. The number of hydrogen-bond acceptors (Lipinski definition) is 6. The van der Waals surface area contributed by atoms with E-state index < -0.39 is 8.32 Å². The molecule has 3 aromatic rings. The van der Waals surface area contributed by atoms with Crippen molar-refractivity contribution in [2.45, 2.75) is 51.4 Å². The molecule has 0 radical (unpaired) electrons. The van der Waals surface area contributed by atoms with Crippen LogP contribution in [-0.2, 0) is 30.0 Å². The van der Waals surface area contributed by atoms with Crippen molar-refractivity contribution in [3.8, 4) is 5.75 Å². The zero-order valence-corrected chi connectivity index (χ0v) is 28.8. The molecular weight excluding hydrogens is 624 g/mol. The molecule has 0 saturated heterocycles. The fourth-order valence-electron chi connectivity index (χ4n) is 5.03. The maximum atomic E-state index is 7.04. The lowest BCUT2D eigenvalue weighted by Gasteiger charge is -2.42. The van der Waals surface area contributed by atoms with Gasteiger partial charge in [0, 0.05) is 13.5 Å². The smallest absolute Gasteiger partial charge is 0.261 e. The van der Waals surface area contributed by atoms with Crippen LogP contribution >= 0.6 is 15.9 Å². The van der Waals surface area contributed by atoms with Gasteiger partial charge < -0.3 is 28.1 Å². The lowest BCUT2D eigenvalue weighted by Crippen LogP contribution is -2.66. The van der Waals surface area contributed by atoms with Gasteiger partial charge in [0.15, 0.2) is 0 Å². The third kappa shape index (κ3) is 11.0. The molecular formula is C35H47BrO6Si. The summed E-state index contributed by atoms with van der Waals surface area (Å²) < 4.78 is 35.9. The Morgan fingerprint density at radius 1 is 0.814 bits per heavy atom. The number of rotatable bonds is 19. The van der Waals surface area contributed by atoms with Crippen molar-refractivity contribution in [3.05, 3.63) is 101 Å². The minimum Gasteiger partial charge on any atom is -0.497 e. The average molecular weight is 672 g/mol. The molecule has 0 spiro atoms. The lowest BCUT2D eigenvalue weighted by atomic mass is 10.1. The molecule has 3 rings (SSSR count). The molecule has 6 nitrogen and oxygen atoms in total. The first-order valence-corrected chi connectivity index (χ1v) is 17.5. The molecule has 0 unspecified atom stereocenters. The van der Waals surface area contributed by atoms with E-state index in [1.54, 1.807) is 14.2 Å². The molecule has 0 aliphatic carbocycles. The van der Waals surface area contributed by atoms with Crippen LogP contribution in [0.3, 0.4) is 0 Å². The number of halogens is 1. The fourth-order valence-corrected chi connectivity index (χ4v) is 10.0. The second-order valence-corrected chi connectivity index (χ2v) is 16.7. The topological polar surface area (TPSA) is 55.4 Å². The minimum atomic E-state index is -2.61. The van der Waals surface area contributed by atoms with Crippen molar-refractivity contribution in [1.29, 1.82) is 0 Å². The van der Waals surface area contributed by atoms with E-state index in [2.05, 4.69) is 103 Å². The first-order chi connectivity index (χ1) is 20.8. The number of methoxy groups -OCH3 is 2. The molecule has 234 valence electrons. The molecule has 0 heterocycles. The molecule has 0 amide bonds. The van der Waals surface area contributed by atoms with E-state index in [0.29, 0.717) is 39.5 Å². The summed E-state index contributed by atoms with van der Waals surface area (Å²) in [5, 5.41) is 2.45. The highest BCUT2D eigenvalue weighted by Crippen LogP contribution is 2.37. The molecule has 0 aliphatic rings. The molecule has 43 heavy (non-hydrogen) atoms. The van der Waals surface area contributed by atoms with E-state index >= 15 is 0 Å². The van der Waals surface area contributed by atoms with E-state index in [1.807, 2.05) is 24.3 Å². The van der Waals surface area contributed by atoms with Crippen LogP contribution in [0, 0.1) is 0 Å². The minimum absolute atomic E-state index is 0.0560. The Morgan fingerprint density at radius 2 is 1.42 bits per heavy atom. The first-order valence-electron chi connectivity index (χ1n) is 14.8. The fraction of sp³-hybridized carbons (Fsp3) is 0.429. The van der Waals surface area contributed by atoms with Crippen LogP contribution in [0.4, 0.5) is 0 Å². The van der Waals surface area contributed by atoms with Gasteiger partial charge in [-0.05, 0) is 50.1 Å². The standard InChI is InChI=1S/C35H47BrO6Si/c1-35(2,3)43(33-12-8-6-9-13-33,34-14-10-7-11-15-34)42-23-20-30(36)26-32(21-22-39-28-40-25-24-37-4)41-27-29-16-18-31(38-5)19-17-29/h6-20,32H,21-28H2,1-5H3/b30-20+/t32-/m1/s1. The highest BCUT2D eigenvalue weighted by Gasteiger charge is 2.49. The van der Waals surface area contributed by atoms with Crippen LogP contribution in [0.1, 0.15) is 39.2 Å². The van der Waals surface area contributed by atoms with Gasteiger partial charge >= 0.3 is 0 Å². The van der Waals surface area contributed by atoms with E-state index in [9.17, 15) is 0 Å². The molecule has 0 N–H and O–H groups in total. The predicted octanol–water partition coefficient (Wildman–Crippen LogP) is 6.85. The van der Waals surface area contributed by atoms with Gasteiger partial charge in [0.2, 0.25) is 0 Å². The number of benzene rings is 3. The van der Waals surface area contributed by atoms with Gasteiger partial charge in [-0.2, -0.15) is 0 Å². The largest absolute Gasteiger partial charge is 0.497 e. The van der Waals surface area contributed by atoms with Gasteiger partial charge in [-0.1, -0.05) is 109 Å². The van der Waals surface area contributed by atoms with Crippen molar-refractivity contribution < 1.29 is 28.1 Å². The molecule has 8 heteroatoms. The maximum Gasteiger partial charge on any atom is 0.261 e. The van der Waals surface area contributed by atoms with E-state index in [1.165, 1.54) is 10.4 Å². The van der Waals surface area contributed by atoms with Crippen molar-refractivity contribution in [3.63, 3.8) is 0 Å². The summed E-state index contributed by atoms with van der Waals surface area (Å²) in [4.78, 5) is 0. The van der Waals surface area contributed by atoms with E-state index in [-0.39, 0.29) is 17.9 Å². The molecule has 0 fully saturated rings. The molecule has 0 aromatic heterocycles. The summed E-state index contributed by atoms with van der Waals surface area (Å²) in [6.07, 6.45) is 3.51. The molecule has 0 saturated carbocycles. The molecule has 3 aromatic carbocycles. The Labute approximate surface area is 267 Å². The van der Waals surface area contributed by atoms with Crippen LogP contribution in [-0.4, -0.2) is 61.9 Å². The van der Waals surface area contributed by atoms with Crippen LogP contribution in [0.5, 0.6) is 5.75 Å². The zero-order chi connectivity index (χ0) is 31.0. The van der Waals surface area contributed by atoms with Gasteiger partial charge in [-0.3, -0.25) is 0 Å². The third-order valence-corrected chi connectivity index (χ3v) is 12.9. The summed E-state index contributed by atoms with van der Waals surface area (Å²) in [5.41, 5.74) is 1.09. The van der Waals surface area contributed by atoms with Crippen molar-refractivity contribution in [2.75, 3.05) is 47.4 Å². The Hall–Kier alpha value is -2.30. The first kappa shape index (κ1) is 35.2. The third-order valence-electron chi connectivity index (χ3n) is 7.27. The zero-order valence-electron chi connectivity index (χ0n) is 26.2. The maximum absolute atomic E-state index is 7.04. The Morgan fingerprint density at radius 3 is 1.98 bits per heavy atom. The monoisotopic (exact) mass is 670 g/mol. The molecule has 1 atom stereocenters. The van der Waals surface area contributed by atoms with E-state index in [0.717, 1.165) is 22.2 Å².